The van der Waals surface area contributed by atoms with Crippen molar-refractivity contribution >= 4 is 34.7 Å². The third kappa shape index (κ3) is 6.38. The Morgan fingerprint density at radius 1 is 1.03 bits per heavy atom. The molecule has 0 bridgehead atoms. The third-order valence-corrected chi connectivity index (χ3v) is 6.19. The Morgan fingerprint density at radius 3 is 2.47 bits per heavy atom. The number of hydrogen-bond acceptors (Lipinski definition) is 6. The zero-order chi connectivity index (χ0) is 21.3. The van der Waals surface area contributed by atoms with Crippen molar-refractivity contribution in [1.29, 1.82) is 0 Å². The quantitative estimate of drug-likeness (QED) is 0.584. The van der Waals surface area contributed by atoms with Gasteiger partial charge in [-0.05, 0) is 36.4 Å². The Balaban J connectivity index is 1.31. The topological polar surface area (TPSA) is 96.7 Å². The molecule has 0 atom stereocenters. The molecule has 160 valence electrons. The van der Waals surface area contributed by atoms with E-state index < -0.39 is 0 Å². The highest BCUT2D eigenvalue weighted by Crippen LogP contribution is 2.19. The van der Waals surface area contributed by atoms with Gasteiger partial charge in [-0.1, -0.05) is 6.07 Å². The summed E-state index contributed by atoms with van der Waals surface area (Å²) >= 11 is 1.37. The largest absolute Gasteiger partial charge is 0.467 e. The lowest BCUT2D eigenvalue weighted by Crippen LogP contribution is -2.43. The van der Waals surface area contributed by atoms with Crippen molar-refractivity contribution in [2.45, 2.75) is 45.1 Å². The summed E-state index contributed by atoms with van der Waals surface area (Å²) in [4.78, 5) is 51.0. The fourth-order valence-corrected chi connectivity index (χ4v) is 4.16. The molecule has 30 heavy (non-hydrogen) atoms. The van der Waals surface area contributed by atoms with Gasteiger partial charge < -0.3 is 14.6 Å². The highest BCUT2D eigenvalue weighted by atomic mass is 32.1. The maximum atomic E-state index is 12.4. The van der Waals surface area contributed by atoms with Crippen LogP contribution in [0.25, 0.3) is 0 Å². The summed E-state index contributed by atoms with van der Waals surface area (Å²) in [6, 6.07) is 7.14. The highest BCUT2D eigenvalue weighted by Gasteiger charge is 2.27. The smallest absolute Gasteiger partial charge is 0.223 e. The maximum Gasteiger partial charge on any atom is 0.223 e. The van der Waals surface area contributed by atoms with E-state index >= 15 is 0 Å². The minimum absolute atomic E-state index is 0.0240. The summed E-state index contributed by atoms with van der Waals surface area (Å²) in [6.45, 7) is 1.40. The number of furan rings is 1. The fourth-order valence-electron chi connectivity index (χ4n) is 3.47. The predicted octanol–water partition coefficient (Wildman–Crippen LogP) is 3.21. The number of hydrogen-bond donors (Lipinski definition) is 1. The molecule has 2 aromatic heterocycles. The van der Waals surface area contributed by atoms with Crippen LogP contribution < -0.4 is 5.32 Å². The van der Waals surface area contributed by atoms with Crippen LogP contribution in [0.3, 0.4) is 0 Å². The van der Waals surface area contributed by atoms with Crippen LogP contribution >= 0.6 is 11.3 Å². The van der Waals surface area contributed by atoms with Crippen LogP contribution in [0.2, 0.25) is 0 Å². The van der Waals surface area contributed by atoms with E-state index in [1.807, 2.05) is 11.4 Å². The van der Waals surface area contributed by atoms with Crippen LogP contribution in [0.4, 0.5) is 0 Å². The van der Waals surface area contributed by atoms with Crippen LogP contribution in [0.5, 0.6) is 0 Å². The molecular weight excluding hydrogens is 404 g/mol. The van der Waals surface area contributed by atoms with Gasteiger partial charge in [-0.2, -0.15) is 0 Å². The molecule has 0 aliphatic carbocycles. The molecular formula is C22H26N2O5S. The summed E-state index contributed by atoms with van der Waals surface area (Å²) in [5.74, 6) is 0.399. The van der Waals surface area contributed by atoms with Crippen molar-refractivity contribution in [3.8, 4) is 0 Å². The SMILES string of the molecule is O=C(CCC(=O)c1cccs1)CCC(=O)N1CCC(C(=O)NCc2ccco2)CC1. The average molecular weight is 431 g/mol. The van der Waals surface area contributed by atoms with Gasteiger partial charge in [-0.25, -0.2) is 0 Å². The summed E-state index contributed by atoms with van der Waals surface area (Å²) < 4.78 is 5.20. The van der Waals surface area contributed by atoms with Gasteiger partial charge in [0.25, 0.3) is 0 Å². The number of ketones is 2. The lowest BCUT2D eigenvalue weighted by molar-refractivity contribution is -0.136. The fraction of sp³-hybridized carbons (Fsp3) is 0.455. The number of nitrogens with one attached hydrogen (secondary N) is 1. The number of amides is 2. The number of Topliss-reactive ketones (excluding diaryl/α,β-unsaturated/α-hetero) is 2. The van der Waals surface area contributed by atoms with E-state index in [1.54, 1.807) is 29.4 Å². The Labute approximate surface area is 179 Å². The van der Waals surface area contributed by atoms with E-state index in [9.17, 15) is 19.2 Å². The number of carbonyl (C=O) groups excluding carboxylic acids is 4. The number of piperidine rings is 1. The lowest BCUT2D eigenvalue weighted by Gasteiger charge is -2.31. The molecule has 1 saturated heterocycles. The molecule has 0 saturated carbocycles. The first kappa shape index (κ1) is 22.0. The standard InChI is InChI=1S/C22H26N2O5S/c25-17(5-7-19(26)20-4-2-14-30-20)6-8-21(27)24-11-9-16(10-12-24)22(28)23-15-18-3-1-13-29-18/h1-4,13-14,16H,5-12,15H2,(H,23,28). The first-order valence-corrected chi connectivity index (χ1v) is 11.1. The van der Waals surface area contributed by atoms with Crippen molar-refractivity contribution in [3.05, 3.63) is 46.5 Å². The van der Waals surface area contributed by atoms with Gasteiger partial charge in [0.1, 0.15) is 11.5 Å². The molecule has 0 radical (unpaired) electrons. The second-order valence-electron chi connectivity index (χ2n) is 7.39. The van der Waals surface area contributed by atoms with E-state index in [0.29, 0.717) is 43.1 Å². The number of rotatable bonds is 10. The Hall–Kier alpha value is -2.74. The minimum atomic E-state index is -0.117. The number of thiophene rings is 1. The van der Waals surface area contributed by atoms with Crippen LogP contribution in [-0.2, 0) is 20.9 Å². The molecule has 1 aliphatic rings. The maximum absolute atomic E-state index is 12.4. The molecule has 8 heteroatoms. The number of likely N-dealkylation sites (tertiary alicyclic amines) is 1. The van der Waals surface area contributed by atoms with E-state index in [4.69, 9.17) is 4.42 Å². The molecule has 1 aliphatic heterocycles. The zero-order valence-corrected chi connectivity index (χ0v) is 17.6. The highest BCUT2D eigenvalue weighted by molar-refractivity contribution is 7.12. The van der Waals surface area contributed by atoms with Crippen molar-refractivity contribution in [1.82, 2.24) is 10.2 Å². The first-order chi connectivity index (χ1) is 14.5. The lowest BCUT2D eigenvalue weighted by atomic mass is 9.95. The molecule has 2 aromatic rings. The average Bonchev–Trinajstić information content (AvgIpc) is 3.48. The van der Waals surface area contributed by atoms with Crippen molar-refractivity contribution in [3.63, 3.8) is 0 Å². The summed E-state index contributed by atoms with van der Waals surface area (Å²) in [5.41, 5.74) is 0. The summed E-state index contributed by atoms with van der Waals surface area (Å²) in [5, 5.41) is 4.70. The van der Waals surface area contributed by atoms with Crippen molar-refractivity contribution in [2.24, 2.45) is 5.92 Å². The Bertz CT molecular complexity index is 852. The molecule has 1 N–H and O–H groups in total. The first-order valence-electron chi connectivity index (χ1n) is 10.2. The molecule has 7 nitrogen and oxygen atoms in total. The summed E-state index contributed by atoms with van der Waals surface area (Å²) in [6.07, 6.45) is 3.45. The van der Waals surface area contributed by atoms with Crippen LogP contribution in [-0.4, -0.2) is 41.4 Å². The van der Waals surface area contributed by atoms with Gasteiger partial charge in [-0.3, -0.25) is 19.2 Å². The van der Waals surface area contributed by atoms with E-state index in [0.717, 1.165) is 0 Å². The monoisotopic (exact) mass is 430 g/mol. The molecule has 3 heterocycles. The van der Waals surface area contributed by atoms with Gasteiger partial charge in [0.2, 0.25) is 11.8 Å². The van der Waals surface area contributed by atoms with Gasteiger partial charge >= 0.3 is 0 Å². The molecule has 1 fully saturated rings. The van der Waals surface area contributed by atoms with E-state index in [1.165, 1.54) is 11.3 Å². The minimum Gasteiger partial charge on any atom is -0.467 e. The summed E-state index contributed by atoms with van der Waals surface area (Å²) in [7, 11) is 0. The molecule has 2 amide bonds. The second-order valence-corrected chi connectivity index (χ2v) is 8.34. The molecule has 3 rings (SSSR count). The molecule has 0 unspecified atom stereocenters. The van der Waals surface area contributed by atoms with Gasteiger partial charge in [-0.15, -0.1) is 11.3 Å². The van der Waals surface area contributed by atoms with Gasteiger partial charge in [0.15, 0.2) is 5.78 Å². The second kappa shape index (κ2) is 10.9. The molecule has 0 spiro atoms. The van der Waals surface area contributed by atoms with Gasteiger partial charge in [0.05, 0.1) is 17.7 Å². The van der Waals surface area contributed by atoms with Crippen LogP contribution in [0.1, 0.15) is 54.0 Å². The van der Waals surface area contributed by atoms with Gasteiger partial charge in [0, 0.05) is 44.7 Å². The Kier molecular flexibility index (Phi) is 7.96. The van der Waals surface area contributed by atoms with E-state index in [-0.39, 0.29) is 55.0 Å². The number of carbonyl (C=O) groups is 4. The van der Waals surface area contributed by atoms with Crippen molar-refractivity contribution < 1.29 is 23.6 Å². The van der Waals surface area contributed by atoms with E-state index in [2.05, 4.69) is 5.32 Å². The number of nitrogens with zero attached hydrogens (tertiary/aromatic N) is 1. The normalized spacial score (nSPS) is 14.5. The Morgan fingerprint density at radius 2 is 1.80 bits per heavy atom. The van der Waals surface area contributed by atoms with Crippen LogP contribution in [0, 0.1) is 5.92 Å². The zero-order valence-electron chi connectivity index (χ0n) is 16.8. The third-order valence-electron chi connectivity index (χ3n) is 5.28. The molecule has 0 aromatic carbocycles. The van der Waals surface area contributed by atoms with Crippen LogP contribution in [0.15, 0.2) is 40.3 Å². The van der Waals surface area contributed by atoms with Crippen molar-refractivity contribution in [2.75, 3.05) is 13.1 Å². The predicted molar refractivity (Wildman–Crippen MR) is 112 cm³/mol.